The first kappa shape index (κ1) is 20.6. The third-order valence-electron chi connectivity index (χ3n) is 3.44. The Morgan fingerprint density at radius 3 is 1.15 bits per heavy atom. The molecule has 0 aliphatic heterocycles. The third-order valence-corrected chi connectivity index (χ3v) is 5.91. The summed E-state index contributed by atoms with van der Waals surface area (Å²) in [5.41, 5.74) is -5.68. The highest BCUT2D eigenvalue weighted by molar-refractivity contribution is 7.74. The van der Waals surface area contributed by atoms with E-state index in [1.54, 1.807) is 0 Å². The maximum Gasteiger partial charge on any atom is 0.460 e. The molecule has 0 aliphatic carbocycles. The van der Waals surface area contributed by atoms with Crippen LogP contribution in [0, 0.1) is 0 Å². The highest BCUT2D eigenvalue weighted by Crippen LogP contribution is 2.64. The van der Waals surface area contributed by atoms with E-state index in [0.717, 1.165) is 24.3 Å². The Morgan fingerprint density at radius 2 is 0.846 bits per heavy atom. The second kappa shape index (κ2) is 6.76. The van der Waals surface area contributed by atoms with Crippen molar-refractivity contribution in [2.24, 2.45) is 0 Å². The molecule has 0 N–H and O–H groups in total. The summed E-state index contributed by atoms with van der Waals surface area (Å²) >= 11 is 0. The monoisotopic (exact) mass is 404 g/mol. The van der Waals surface area contributed by atoms with Crippen LogP contribution < -0.4 is 10.6 Å². The van der Waals surface area contributed by atoms with E-state index in [4.69, 9.17) is 0 Å². The number of hydrogen-bond donors (Lipinski definition) is 0. The van der Waals surface area contributed by atoms with Gasteiger partial charge in [0.1, 0.15) is 0 Å². The molecule has 2 aromatic rings. The molecule has 0 fully saturated rings. The molecule has 0 atom stereocenters. The van der Waals surface area contributed by atoms with Gasteiger partial charge in [0.25, 0.3) is 0 Å². The number of hydrogen-bond acceptors (Lipinski definition) is 0. The van der Waals surface area contributed by atoms with Crippen molar-refractivity contribution in [2.75, 3.05) is 0 Å². The molecule has 0 aliphatic rings. The lowest BCUT2D eigenvalue weighted by molar-refractivity contribution is -0.381. The van der Waals surface area contributed by atoms with Gasteiger partial charge in [-0.05, 0) is 10.6 Å². The molecule has 0 nitrogen and oxygen atoms in total. The molecule has 0 spiro atoms. The van der Waals surface area contributed by atoms with Crippen molar-refractivity contribution in [2.45, 2.75) is 23.7 Å². The van der Waals surface area contributed by atoms with Gasteiger partial charge in [0.05, 0.1) is 0 Å². The number of rotatable bonds is 5. The molecule has 26 heavy (non-hydrogen) atoms. The summed E-state index contributed by atoms with van der Waals surface area (Å²) in [5, 5.41) is -0.923. The van der Waals surface area contributed by atoms with E-state index in [0.29, 0.717) is 0 Å². The summed E-state index contributed by atoms with van der Waals surface area (Å²) in [5.74, 6) is -13.6. The number of benzene rings is 2. The molecule has 0 radical (unpaired) electrons. The van der Waals surface area contributed by atoms with Crippen molar-refractivity contribution in [1.29, 1.82) is 0 Å². The van der Waals surface area contributed by atoms with Gasteiger partial charge in [-0.15, -0.1) is 0 Å². The molecule has 0 saturated carbocycles. The van der Waals surface area contributed by atoms with Crippen molar-refractivity contribution in [3.63, 3.8) is 0 Å². The van der Waals surface area contributed by atoms with E-state index >= 15 is 0 Å². The van der Waals surface area contributed by atoms with Crippen LogP contribution in [-0.2, 0) is 0 Å². The molecule has 0 bridgehead atoms. The molecule has 142 valence electrons. The highest BCUT2D eigenvalue weighted by Gasteiger charge is 2.83. The fourth-order valence-electron chi connectivity index (χ4n) is 2.13. The Balaban J connectivity index is 2.67. The van der Waals surface area contributed by atoms with E-state index in [9.17, 15) is 39.5 Å². The van der Waals surface area contributed by atoms with Gasteiger partial charge in [-0.1, -0.05) is 60.7 Å². The lowest BCUT2D eigenvalue weighted by Gasteiger charge is -2.38. The SMILES string of the molecule is FC(F)(F)C(F)(F)C(F)(F)C(F)(F)P(c1ccccc1)c1ccccc1. The normalized spacial score (nSPS) is 13.9. The van der Waals surface area contributed by atoms with Gasteiger partial charge >= 0.3 is 23.7 Å². The first-order valence-electron chi connectivity index (χ1n) is 6.94. The smallest absolute Gasteiger partial charge is 0.194 e. The highest BCUT2D eigenvalue weighted by atomic mass is 31.1. The lowest BCUT2D eigenvalue weighted by atomic mass is 10.1. The Hall–Kier alpha value is -1.76. The third kappa shape index (κ3) is 3.29. The zero-order valence-corrected chi connectivity index (χ0v) is 13.5. The molecule has 0 saturated heterocycles. The summed E-state index contributed by atoms with van der Waals surface area (Å²) in [6.45, 7) is 0. The maximum absolute atomic E-state index is 14.6. The quantitative estimate of drug-likeness (QED) is 0.453. The second-order valence-corrected chi connectivity index (χ2v) is 7.46. The van der Waals surface area contributed by atoms with Gasteiger partial charge in [0.15, 0.2) is 0 Å². The van der Waals surface area contributed by atoms with Crippen molar-refractivity contribution in [3.05, 3.63) is 60.7 Å². The predicted molar refractivity (Wildman–Crippen MR) is 80.0 cm³/mol. The molecule has 0 aromatic heterocycles. The van der Waals surface area contributed by atoms with Crippen LogP contribution in [-0.4, -0.2) is 23.7 Å². The van der Waals surface area contributed by atoms with Crippen LogP contribution >= 0.6 is 7.92 Å². The van der Waals surface area contributed by atoms with Gasteiger partial charge in [0.2, 0.25) is 0 Å². The molecular formula is C16H10F9P. The fraction of sp³-hybridized carbons (Fsp3) is 0.250. The Kier molecular flexibility index (Phi) is 5.34. The zero-order valence-electron chi connectivity index (χ0n) is 12.6. The van der Waals surface area contributed by atoms with Crippen molar-refractivity contribution in [3.8, 4) is 0 Å². The van der Waals surface area contributed by atoms with Gasteiger partial charge in [0, 0.05) is 7.92 Å². The largest absolute Gasteiger partial charge is 0.460 e. The molecular weight excluding hydrogens is 394 g/mol. The average molecular weight is 404 g/mol. The van der Waals surface area contributed by atoms with Crippen LogP contribution in [0.1, 0.15) is 0 Å². The Morgan fingerprint density at radius 1 is 0.500 bits per heavy atom. The topological polar surface area (TPSA) is 0 Å². The van der Waals surface area contributed by atoms with Crippen molar-refractivity contribution < 1.29 is 39.5 Å². The van der Waals surface area contributed by atoms with Crippen molar-refractivity contribution in [1.82, 2.24) is 0 Å². The molecule has 2 aromatic carbocycles. The van der Waals surface area contributed by atoms with E-state index in [-0.39, 0.29) is 0 Å². The molecule has 0 unspecified atom stereocenters. The minimum atomic E-state index is -6.91. The maximum atomic E-state index is 14.6. The first-order valence-corrected chi connectivity index (χ1v) is 8.28. The summed E-state index contributed by atoms with van der Waals surface area (Å²) in [4.78, 5) is 0. The molecule has 0 amide bonds. The van der Waals surface area contributed by atoms with Crippen LogP contribution in [0.5, 0.6) is 0 Å². The van der Waals surface area contributed by atoms with Gasteiger partial charge in [-0.2, -0.15) is 39.5 Å². The minimum Gasteiger partial charge on any atom is -0.194 e. The number of halogens is 9. The van der Waals surface area contributed by atoms with Gasteiger partial charge < -0.3 is 0 Å². The zero-order chi connectivity index (χ0) is 19.8. The van der Waals surface area contributed by atoms with Crippen LogP contribution in [0.2, 0.25) is 0 Å². The predicted octanol–water partition coefficient (Wildman–Crippen LogP) is 5.55. The Labute approximate surface area is 143 Å². The fourth-order valence-corrected chi connectivity index (χ4v) is 4.44. The van der Waals surface area contributed by atoms with Gasteiger partial charge in [-0.3, -0.25) is 0 Å². The summed E-state index contributed by atoms with van der Waals surface area (Å²) in [6.07, 6.45) is -6.84. The van der Waals surface area contributed by atoms with Crippen LogP contribution in [0.25, 0.3) is 0 Å². The standard InChI is InChI=1S/C16H10F9P/c17-13(18,15(21,22)23)14(19,20)16(24,25)26(11-7-3-1-4-8-11)12-9-5-2-6-10-12/h1-10H. The van der Waals surface area contributed by atoms with E-state index in [1.807, 2.05) is 0 Å². The first-order chi connectivity index (χ1) is 11.8. The van der Waals surface area contributed by atoms with Crippen LogP contribution in [0.15, 0.2) is 60.7 Å². The molecule has 10 heteroatoms. The summed E-state index contributed by atoms with van der Waals surface area (Å²) in [6, 6.07) is 11.4. The summed E-state index contributed by atoms with van der Waals surface area (Å²) in [7, 11) is -3.56. The van der Waals surface area contributed by atoms with Crippen molar-refractivity contribution >= 4 is 18.5 Å². The number of alkyl halides is 9. The minimum absolute atomic E-state index is 0.462. The second-order valence-electron chi connectivity index (χ2n) is 5.19. The van der Waals surface area contributed by atoms with E-state index < -0.39 is 42.2 Å². The van der Waals surface area contributed by atoms with Crippen LogP contribution in [0.4, 0.5) is 39.5 Å². The summed E-state index contributed by atoms with van der Waals surface area (Å²) < 4.78 is 121. The van der Waals surface area contributed by atoms with Gasteiger partial charge in [-0.25, -0.2) is 0 Å². The van der Waals surface area contributed by atoms with Crippen LogP contribution in [0.3, 0.4) is 0 Å². The average Bonchev–Trinajstić information content (AvgIpc) is 2.55. The Bertz CT molecular complexity index is 687. The molecule has 0 heterocycles. The van der Waals surface area contributed by atoms with E-state index in [2.05, 4.69) is 0 Å². The lowest BCUT2D eigenvalue weighted by Crippen LogP contribution is -2.61. The van der Waals surface area contributed by atoms with E-state index in [1.165, 1.54) is 36.4 Å². The molecule has 2 rings (SSSR count).